The quantitative estimate of drug-likeness (QED) is 0.924. The molecule has 0 spiro atoms. The number of para-hydroxylation sites is 1. The molecule has 5 nitrogen and oxygen atoms in total. The van der Waals surface area contributed by atoms with Crippen LogP contribution in [0.2, 0.25) is 0 Å². The van der Waals surface area contributed by atoms with Crippen molar-refractivity contribution in [3.05, 3.63) is 47.3 Å². The van der Waals surface area contributed by atoms with Crippen LogP contribution in [0.4, 0.5) is 0 Å². The van der Waals surface area contributed by atoms with Gasteiger partial charge in [0.1, 0.15) is 0 Å². The van der Waals surface area contributed by atoms with E-state index in [1.54, 1.807) is 0 Å². The fraction of sp³-hybridized carbons (Fsp3) is 0.550. The van der Waals surface area contributed by atoms with E-state index in [2.05, 4.69) is 69.1 Å². The highest BCUT2D eigenvalue weighted by Crippen LogP contribution is 2.20. The van der Waals surface area contributed by atoms with Crippen molar-refractivity contribution in [3.63, 3.8) is 0 Å². The van der Waals surface area contributed by atoms with Crippen molar-refractivity contribution in [1.82, 2.24) is 24.9 Å². The van der Waals surface area contributed by atoms with Crippen LogP contribution in [-0.4, -0.2) is 64.9 Å². The summed E-state index contributed by atoms with van der Waals surface area (Å²) >= 11 is 0. The third-order valence-electron chi connectivity index (χ3n) is 5.58. The molecular formula is C20H29N5. The smallest absolute Gasteiger partial charge is 0.0693 e. The number of benzene rings is 1. The Morgan fingerprint density at radius 2 is 1.92 bits per heavy atom. The molecule has 1 atom stereocenters. The molecule has 2 fully saturated rings. The third-order valence-corrected chi connectivity index (χ3v) is 5.58. The Morgan fingerprint density at radius 1 is 1.12 bits per heavy atom. The first-order valence-corrected chi connectivity index (χ1v) is 9.49. The number of rotatable bonds is 4. The van der Waals surface area contributed by atoms with Gasteiger partial charge in [0.2, 0.25) is 0 Å². The molecule has 0 aliphatic carbocycles. The Bertz CT molecular complexity index is 709. The molecule has 0 unspecified atom stereocenters. The van der Waals surface area contributed by atoms with Crippen LogP contribution in [0.5, 0.6) is 0 Å². The minimum Gasteiger partial charge on any atom is -0.315 e. The summed E-state index contributed by atoms with van der Waals surface area (Å²) in [6.45, 7) is 12.2. The van der Waals surface area contributed by atoms with Crippen molar-refractivity contribution in [1.29, 1.82) is 0 Å². The lowest BCUT2D eigenvalue weighted by molar-refractivity contribution is 0.0981. The third kappa shape index (κ3) is 3.64. The topological polar surface area (TPSA) is 36.3 Å². The van der Waals surface area contributed by atoms with Gasteiger partial charge in [-0.05, 0) is 44.5 Å². The lowest BCUT2D eigenvalue weighted by Gasteiger charge is -2.38. The summed E-state index contributed by atoms with van der Waals surface area (Å²) in [5.74, 6) is 0. The average Bonchev–Trinajstić information content (AvgIpc) is 3.26. The maximum atomic E-state index is 4.68. The van der Waals surface area contributed by atoms with Gasteiger partial charge in [0.25, 0.3) is 0 Å². The molecule has 134 valence electrons. The van der Waals surface area contributed by atoms with E-state index in [4.69, 9.17) is 0 Å². The van der Waals surface area contributed by atoms with Gasteiger partial charge in [-0.2, -0.15) is 5.10 Å². The van der Waals surface area contributed by atoms with Crippen LogP contribution < -0.4 is 5.32 Å². The van der Waals surface area contributed by atoms with E-state index in [0.717, 1.165) is 31.4 Å². The van der Waals surface area contributed by atoms with Gasteiger partial charge in [-0.15, -0.1) is 0 Å². The lowest BCUT2D eigenvalue weighted by atomic mass is 10.1. The van der Waals surface area contributed by atoms with Crippen molar-refractivity contribution >= 4 is 0 Å². The molecule has 2 aliphatic heterocycles. The number of nitrogens with one attached hydrogen (secondary N) is 1. The number of aromatic nitrogens is 2. The largest absolute Gasteiger partial charge is 0.315 e. The van der Waals surface area contributed by atoms with Crippen molar-refractivity contribution in [2.24, 2.45) is 0 Å². The first kappa shape index (κ1) is 16.8. The van der Waals surface area contributed by atoms with Crippen LogP contribution in [-0.2, 0) is 6.54 Å². The highest BCUT2D eigenvalue weighted by Gasteiger charge is 2.26. The SMILES string of the molecule is Cc1cc(C)n(-c2ccccc2CN2CCN([C@H]3CCNC3)CC2)n1. The van der Waals surface area contributed by atoms with Gasteiger partial charge in [-0.1, -0.05) is 18.2 Å². The summed E-state index contributed by atoms with van der Waals surface area (Å²) in [7, 11) is 0. The first-order valence-electron chi connectivity index (χ1n) is 9.49. The summed E-state index contributed by atoms with van der Waals surface area (Å²) in [5, 5.41) is 8.17. The van der Waals surface area contributed by atoms with Gasteiger partial charge in [-0.3, -0.25) is 9.80 Å². The Kier molecular flexibility index (Phi) is 4.88. The first-order chi connectivity index (χ1) is 12.2. The number of nitrogens with zero attached hydrogens (tertiary/aromatic N) is 4. The molecule has 2 saturated heterocycles. The molecule has 0 bridgehead atoms. The van der Waals surface area contributed by atoms with E-state index in [9.17, 15) is 0 Å². The van der Waals surface area contributed by atoms with Gasteiger partial charge < -0.3 is 5.32 Å². The average molecular weight is 339 g/mol. The van der Waals surface area contributed by atoms with Crippen LogP contribution in [0.25, 0.3) is 5.69 Å². The van der Waals surface area contributed by atoms with Gasteiger partial charge in [0.15, 0.2) is 0 Å². The molecule has 0 amide bonds. The standard InChI is InChI=1S/C20H29N5/c1-16-13-17(2)25(22-16)20-6-4-3-5-18(20)15-23-9-11-24(12-10-23)19-7-8-21-14-19/h3-6,13,19,21H,7-12,14-15H2,1-2H3/t19-/m0/s1. The van der Waals surface area contributed by atoms with Crippen LogP contribution in [0.15, 0.2) is 30.3 Å². The second-order valence-corrected chi connectivity index (χ2v) is 7.43. The predicted molar refractivity (Wildman–Crippen MR) is 101 cm³/mol. The molecule has 1 N–H and O–H groups in total. The highest BCUT2D eigenvalue weighted by molar-refractivity contribution is 5.41. The molecule has 5 heteroatoms. The van der Waals surface area contributed by atoms with Crippen LogP contribution in [0.3, 0.4) is 0 Å². The van der Waals surface area contributed by atoms with E-state index < -0.39 is 0 Å². The Labute approximate surface area is 150 Å². The molecular weight excluding hydrogens is 310 g/mol. The zero-order valence-electron chi connectivity index (χ0n) is 15.4. The van der Waals surface area contributed by atoms with Gasteiger partial charge in [0.05, 0.1) is 11.4 Å². The zero-order valence-corrected chi connectivity index (χ0v) is 15.4. The van der Waals surface area contributed by atoms with E-state index in [1.807, 2.05) is 0 Å². The maximum absolute atomic E-state index is 4.68. The maximum Gasteiger partial charge on any atom is 0.0693 e. The van der Waals surface area contributed by atoms with Gasteiger partial charge in [-0.25, -0.2) is 4.68 Å². The van der Waals surface area contributed by atoms with Crippen molar-refractivity contribution < 1.29 is 0 Å². The van der Waals surface area contributed by atoms with Crippen molar-refractivity contribution in [3.8, 4) is 5.69 Å². The fourth-order valence-electron chi connectivity index (χ4n) is 4.20. The number of piperazine rings is 1. The molecule has 1 aromatic heterocycles. The number of aryl methyl sites for hydroxylation is 2. The van der Waals surface area contributed by atoms with E-state index >= 15 is 0 Å². The molecule has 2 aromatic rings. The fourth-order valence-corrected chi connectivity index (χ4v) is 4.20. The van der Waals surface area contributed by atoms with Crippen LogP contribution in [0.1, 0.15) is 23.4 Å². The summed E-state index contributed by atoms with van der Waals surface area (Å²) in [6, 6.07) is 11.6. The lowest BCUT2D eigenvalue weighted by Crippen LogP contribution is -2.50. The Hall–Kier alpha value is -1.69. The van der Waals surface area contributed by atoms with Gasteiger partial charge >= 0.3 is 0 Å². The van der Waals surface area contributed by atoms with Crippen molar-refractivity contribution in [2.75, 3.05) is 39.3 Å². The summed E-state index contributed by atoms with van der Waals surface area (Å²) in [5.41, 5.74) is 4.86. The Balaban J connectivity index is 1.44. The summed E-state index contributed by atoms with van der Waals surface area (Å²) in [6.07, 6.45) is 1.31. The normalized spacial score (nSPS) is 22.6. The molecule has 3 heterocycles. The highest BCUT2D eigenvalue weighted by atomic mass is 15.3. The number of hydrogen-bond acceptors (Lipinski definition) is 4. The summed E-state index contributed by atoms with van der Waals surface area (Å²) in [4.78, 5) is 5.26. The Morgan fingerprint density at radius 3 is 2.60 bits per heavy atom. The molecule has 2 aliphatic rings. The molecule has 1 aromatic carbocycles. The minimum absolute atomic E-state index is 0.754. The van der Waals surface area contributed by atoms with E-state index in [-0.39, 0.29) is 0 Å². The molecule has 4 rings (SSSR count). The van der Waals surface area contributed by atoms with Gasteiger partial charge in [0, 0.05) is 51.0 Å². The minimum atomic E-state index is 0.754. The monoisotopic (exact) mass is 339 g/mol. The molecule has 0 saturated carbocycles. The number of hydrogen-bond donors (Lipinski definition) is 1. The van der Waals surface area contributed by atoms with Crippen molar-refractivity contribution in [2.45, 2.75) is 32.9 Å². The second kappa shape index (κ2) is 7.28. The zero-order chi connectivity index (χ0) is 17.2. The van der Waals surface area contributed by atoms with E-state index in [1.165, 1.54) is 49.5 Å². The predicted octanol–water partition coefficient (Wildman–Crippen LogP) is 1.97. The van der Waals surface area contributed by atoms with Crippen LogP contribution >= 0.6 is 0 Å². The molecule has 0 radical (unpaired) electrons. The second-order valence-electron chi connectivity index (χ2n) is 7.43. The summed E-state index contributed by atoms with van der Waals surface area (Å²) < 4.78 is 2.09. The van der Waals surface area contributed by atoms with E-state index in [0.29, 0.717) is 0 Å². The molecule has 25 heavy (non-hydrogen) atoms. The van der Waals surface area contributed by atoms with Crippen LogP contribution in [0, 0.1) is 13.8 Å².